The van der Waals surface area contributed by atoms with Crippen molar-refractivity contribution in [1.29, 1.82) is 0 Å². The van der Waals surface area contributed by atoms with Crippen LogP contribution in [0.1, 0.15) is 17.0 Å². The molecule has 27 heavy (non-hydrogen) atoms. The molecule has 1 unspecified atom stereocenters. The van der Waals surface area contributed by atoms with Crippen molar-refractivity contribution in [2.24, 2.45) is 5.10 Å². The van der Waals surface area contributed by atoms with Gasteiger partial charge in [-0.05, 0) is 48.0 Å². The van der Waals surface area contributed by atoms with Crippen molar-refractivity contribution in [2.45, 2.75) is 5.92 Å². The summed E-state index contributed by atoms with van der Waals surface area (Å²) in [6, 6.07) is 19.3. The van der Waals surface area contributed by atoms with Crippen LogP contribution in [0.5, 0.6) is 17.2 Å². The number of hydrogen-bond acceptors (Lipinski definition) is 5. The molecule has 0 aliphatic carbocycles. The topological polar surface area (TPSA) is 74.1 Å². The third-order valence-corrected chi connectivity index (χ3v) is 4.64. The van der Waals surface area contributed by atoms with Gasteiger partial charge in [-0.25, -0.2) is 0 Å². The van der Waals surface area contributed by atoms with Crippen LogP contribution in [0.25, 0.3) is 0 Å². The monoisotopic (exact) mass is 380 g/mol. The molecule has 1 heterocycles. The largest absolute Gasteiger partial charge is 0.508 e. The van der Waals surface area contributed by atoms with Crippen molar-refractivity contribution in [3.05, 3.63) is 82.9 Å². The fraction of sp³-hybridized carbons (Fsp3) is 0.0952. The summed E-state index contributed by atoms with van der Waals surface area (Å²) in [6.07, 6.45) is 0. The SMILES string of the molecule is Oc1ccc(C2COc3cc(O)ccc3C2=NNc2cccc(Cl)c2)cc1. The van der Waals surface area contributed by atoms with Crippen molar-refractivity contribution in [3.63, 3.8) is 0 Å². The molecule has 1 aliphatic rings. The first-order chi connectivity index (χ1) is 13.1. The first kappa shape index (κ1) is 17.2. The summed E-state index contributed by atoms with van der Waals surface area (Å²) >= 11 is 6.04. The standard InChI is InChI=1S/C21H17ClN2O3/c22-14-2-1-3-15(10-14)23-24-21-18-9-8-17(26)11-20(18)27-12-19(21)13-4-6-16(25)7-5-13/h1-11,19,23,25-26H,12H2. The number of nitrogens with zero attached hydrogens (tertiary/aromatic N) is 1. The van der Waals surface area contributed by atoms with E-state index in [0.29, 0.717) is 17.4 Å². The Kier molecular flexibility index (Phi) is 4.60. The Bertz CT molecular complexity index is 1000. The van der Waals surface area contributed by atoms with Crippen LogP contribution in [0.3, 0.4) is 0 Å². The van der Waals surface area contributed by atoms with Gasteiger partial charge in [-0.1, -0.05) is 29.8 Å². The first-order valence-corrected chi connectivity index (χ1v) is 8.82. The normalized spacial score (nSPS) is 17.2. The van der Waals surface area contributed by atoms with Crippen LogP contribution in [0.15, 0.2) is 71.8 Å². The zero-order chi connectivity index (χ0) is 18.8. The lowest BCUT2D eigenvalue weighted by Crippen LogP contribution is -2.27. The molecule has 0 fully saturated rings. The number of hydrazone groups is 1. The van der Waals surface area contributed by atoms with Crippen molar-refractivity contribution >= 4 is 23.0 Å². The van der Waals surface area contributed by atoms with Gasteiger partial charge in [0.25, 0.3) is 0 Å². The zero-order valence-electron chi connectivity index (χ0n) is 14.3. The fourth-order valence-corrected chi connectivity index (χ4v) is 3.25. The Morgan fingerprint density at radius 3 is 2.52 bits per heavy atom. The second kappa shape index (κ2) is 7.21. The van der Waals surface area contributed by atoms with E-state index in [1.165, 1.54) is 0 Å². The summed E-state index contributed by atoms with van der Waals surface area (Å²) in [5, 5.41) is 24.6. The molecule has 0 aromatic heterocycles. The van der Waals surface area contributed by atoms with E-state index in [2.05, 4.69) is 10.5 Å². The highest BCUT2D eigenvalue weighted by Crippen LogP contribution is 2.35. The second-order valence-corrected chi connectivity index (χ2v) is 6.69. The lowest BCUT2D eigenvalue weighted by Gasteiger charge is -2.27. The Morgan fingerprint density at radius 1 is 0.963 bits per heavy atom. The molecule has 0 amide bonds. The number of halogens is 1. The number of anilines is 1. The van der Waals surface area contributed by atoms with E-state index in [4.69, 9.17) is 16.3 Å². The van der Waals surface area contributed by atoms with E-state index in [1.54, 1.807) is 42.5 Å². The van der Waals surface area contributed by atoms with Gasteiger partial charge in [0.15, 0.2) is 0 Å². The molecule has 5 nitrogen and oxygen atoms in total. The third kappa shape index (κ3) is 3.68. The van der Waals surface area contributed by atoms with Gasteiger partial charge >= 0.3 is 0 Å². The highest BCUT2D eigenvalue weighted by atomic mass is 35.5. The summed E-state index contributed by atoms with van der Waals surface area (Å²) < 4.78 is 5.85. The van der Waals surface area contributed by atoms with Crippen molar-refractivity contribution in [3.8, 4) is 17.2 Å². The maximum atomic E-state index is 9.75. The predicted octanol–water partition coefficient (Wildman–Crippen LogP) is 4.74. The summed E-state index contributed by atoms with van der Waals surface area (Å²) in [5.74, 6) is 0.793. The molecule has 3 aromatic rings. The zero-order valence-corrected chi connectivity index (χ0v) is 15.0. The number of hydrogen-bond donors (Lipinski definition) is 3. The molecular weight excluding hydrogens is 364 g/mol. The predicted molar refractivity (Wildman–Crippen MR) is 106 cm³/mol. The van der Waals surface area contributed by atoms with E-state index in [1.807, 2.05) is 24.3 Å². The van der Waals surface area contributed by atoms with Crippen molar-refractivity contribution < 1.29 is 14.9 Å². The average Bonchev–Trinajstić information content (AvgIpc) is 2.66. The number of benzene rings is 3. The quantitative estimate of drug-likeness (QED) is 0.573. The molecule has 0 spiro atoms. The van der Waals surface area contributed by atoms with Crippen LogP contribution in [0.2, 0.25) is 5.02 Å². The van der Waals surface area contributed by atoms with Gasteiger partial charge in [0.05, 0.1) is 17.3 Å². The van der Waals surface area contributed by atoms with Crippen LogP contribution in [0.4, 0.5) is 5.69 Å². The Hall–Kier alpha value is -3.18. The summed E-state index contributed by atoms with van der Waals surface area (Å²) in [7, 11) is 0. The van der Waals surface area contributed by atoms with E-state index in [0.717, 1.165) is 22.5 Å². The van der Waals surface area contributed by atoms with Crippen LogP contribution in [-0.2, 0) is 0 Å². The number of phenols is 2. The lowest BCUT2D eigenvalue weighted by molar-refractivity contribution is 0.300. The minimum atomic E-state index is -0.130. The molecule has 3 aromatic carbocycles. The molecule has 6 heteroatoms. The maximum Gasteiger partial charge on any atom is 0.132 e. The van der Waals surface area contributed by atoms with Crippen LogP contribution >= 0.6 is 11.6 Å². The van der Waals surface area contributed by atoms with Crippen molar-refractivity contribution in [1.82, 2.24) is 0 Å². The number of ether oxygens (including phenoxy) is 1. The number of phenolic OH excluding ortho intramolecular Hbond substituents is 2. The Balaban J connectivity index is 1.75. The molecule has 0 saturated heterocycles. The average molecular weight is 381 g/mol. The Labute approximate surface area is 161 Å². The molecule has 0 radical (unpaired) electrons. The van der Waals surface area contributed by atoms with Gasteiger partial charge in [0.2, 0.25) is 0 Å². The van der Waals surface area contributed by atoms with Crippen LogP contribution in [0, 0.1) is 0 Å². The minimum Gasteiger partial charge on any atom is -0.508 e. The maximum absolute atomic E-state index is 9.75. The number of aromatic hydroxyl groups is 2. The highest BCUT2D eigenvalue weighted by Gasteiger charge is 2.29. The molecule has 0 bridgehead atoms. The molecule has 1 atom stereocenters. The molecule has 0 saturated carbocycles. The minimum absolute atomic E-state index is 0.130. The number of rotatable bonds is 3. The van der Waals surface area contributed by atoms with Crippen molar-refractivity contribution in [2.75, 3.05) is 12.0 Å². The van der Waals surface area contributed by atoms with Crippen LogP contribution < -0.4 is 10.2 Å². The molecule has 136 valence electrons. The van der Waals surface area contributed by atoms with E-state index >= 15 is 0 Å². The van der Waals surface area contributed by atoms with Gasteiger partial charge in [-0.15, -0.1) is 0 Å². The summed E-state index contributed by atoms with van der Waals surface area (Å²) in [4.78, 5) is 0. The second-order valence-electron chi connectivity index (χ2n) is 6.25. The summed E-state index contributed by atoms with van der Waals surface area (Å²) in [5.41, 5.74) is 6.38. The van der Waals surface area contributed by atoms with Gasteiger partial charge in [-0.2, -0.15) is 5.10 Å². The van der Waals surface area contributed by atoms with Gasteiger partial charge in [-0.3, -0.25) is 5.43 Å². The molecule has 3 N–H and O–H groups in total. The van der Waals surface area contributed by atoms with Gasteiger partial charge in [0, 0.05) is 16.7 Å². The fourth-order valence-electron chi connectivity index (χ4n) is 3.06. The number of nitrogens with one attached hydrogen (secondary N) is 1. The smallest absolute Gasteiger partial charge is 0.132 e. The van der Waals surface area contributed by atoms with E-state index in [-0.39, 0.29) is 17.4 Å². The van der Waals surface area contributed by atoms with Gasteiger partial charge < -0.3 is 14.9 Å². The summed E-state index contributed by atoms with van der Waals surface area (Å²) in [6.45, 7) is 0.372. The van der Waals surface area contributed by atoms with E-state index in [9.17, 15) is 10.2 Å². The van der Waals surface area contributed by atoms with E-state index < -0.39 is 0 Å². The number of fused-ring (bicyclic) bond motifs is 1. The molecule has 4 rings (SSSR count). The highest BCUT2D eigenvalue weighted by molar-refractivity contribution is 6.30. The van der Waals surface area contributed by atoms with Crippen LogP contribution in [-0.4, -0.2) is 22.5 Å². The Morgan fingerprint density at radius 2 is 1.74 bits per heavy atom. The lowest BCUT2D eigenvalue weighted by atomic mass is 9.88. The first-order valence-electron chi connectivity index (χ1n) is 8.44. The molecular formula is C21H17ClN2O3. The molecule has 1 aliphatic heterocycles. The third-order valence-electron chi connectivity index (χ3n) is 4.40. The van der Waals surface area contributed by atoms with Gasteiger partial charge in [0.1, 0.15) is 23.9 Å².